The zero-order valence-corrected chi connectivity index (χ0v) is 17.7. The molecule has 0 saturated carbocycles. The molecule has 0 aliphatic carbocycles. The van der Waals surface area contributed by atoms with Gasteiger partial charge in [-0.25, -0.2) is 9.18 Å². The molecule has 0 N–H and O–H groups in total. The fourth-order valence-corrected chi connectivity index (χ4v) is 4.30. The van der Waals surface area contributed by atoms with Crippen LogP contribution >= 0.6 is 0 Å². The monoisotopic (exact) mass is 440 g/mol. The first-order valence-corrected chi connectivity index (χ1v) is 10.8. The fraction of sp³-hybridized carbons (Fsp3) is 0.391. The van der Waals surface area contributed by atoms with Crippen LogP contribution in [-0.2, 0) is 4.79 Å². The van der Waals surface area contributed by atoms with Gasteiger partial charge in [0.2, 0.25) is 5.91 Å². The average Bonchev–Trinajstić information content (AvgIpc) is 3.19. The predicted octanol–water partition coefficient (Wildman–Crippen LogP) is 2.19. The summed E-state index contributed by atoms with van der Waals surface area (Å²) in [5, 5.41) is 0. The lowest BCUT2D eigenvalue weighted by Crippen LogP contribution is -2.51. The number of hydrogen-bond donors (Lipinski definition) is 0. The van der Waals surface area contributed by atoms with Crippen LogP contribution in [0, 0.1) is 5.82 Å². The molecule has 3 amide bonds. The minimum Gasteiger partial charge on any atom is -0.486 e. The van der Waals surface area contributed by atoms with Crippen LogP contribution in [0.5, 0.6) is 11.5 Å². The lowest BCUT2D eigenvalue weighted by molar-refractivity contribution is -0.131. The van der Waals surface area contributed by atoms with E-state index in [-0.39, 0.29) is 24.3 Å². The summed E-state index contributed by atoms with van der Waals surface area (Å²) >= 11 is 0. The van der Waals surface area contributed by atoms with Gasteiger partial charge in [0.05, 0.1) is 0 Å². The van der Waals surface area contributed by atoms with Crippen molar-refractivity contribution in [2.45, 2.75) is 0 Å². The summed E-state index contributed by atoms with van der Waals surface area (Å²) in [4.78, 5) is 32.9. The molecule has 3 aliphatic heterocycles. The highest BCUT2D eigenvalue weighted by molar-refractivity contribution is 5.96. The molecule has 0 atom stereocenters. The SMILES string of the molecule is O=C(CN1CCN(c2ccc3c(c2)OCCO3)C1=O)N1CCN(c2ccc(F)cc2)CC1. The highest BCUT2D eigenvalue weighted by Gasteiger charge is 2.33. The van der Waals surface area contributed by atoms with Crippen molar-refractivity contribution in [3.05, 3.63) is 48.3 Å². The number of rotatable bonds is 4. The molecule has 2 fully saturated rings. The first-order valence-electron chi connectivity index (χ1n) is 10.8. The smallest absolute Gasteiger partial charge is 0.325 e. The van der Waals surface area contributed by atoms with E-state index in [1.54, 1.807) is 26.8 Å². The van der Waals surface area contributed by atoms with E-state index in [0.29, 0.717) is 64.0 Å². The van der Waals surface area contributed by atoms with Gasteiger partial charge >= 0.3 is 6.03 Å². The number of amides is 3. The molecule has 2 aromatic rings. The highest BCUT2D eigenvalue weighted by atomic mass is 19.1. The molecular weight excluding hydrogens is 415 g/mol. The number of ether oxygens (including phenoxy) is 2. The van der Waals surface area contributed by atoms with Crippen molar-refractivity contribution < 1.29 is 23.5 Å². The van der Waals surface area contributed by atoms with Crippen LogP contribution in [0.4, 0.5) is 20.6 Å². The molecule has 8 nitrogen and oxygen atoms in total. The molecule has 0 spiro atoms. The number of hydrogen-bond acceptors (Lipinski definition) is 5. The Labute approximate surface area is 185 Å². The van der Waals surface area contributed by atoms with Crippen molar-refractivity contribution in [3.8, 4) is 11.5 Å². The Kier molecular flexibility index (Phi) is 5.46. The highest BCUT2D eigenvalue weighted by Crippen LogP contribution is 2.35. The molecule has 0 bridgehead atoms. The van der Waals surface area contributed by atoms with E-state index in [1.165, 1.54) is 12.1 Å². The molecule has 5 rings (SSSR count). The van der Waals surface area contributed by atoms with Crippen LogP contribution in [0.15, 0.2) is 42.5 Å². The predicted molar refractivity (Wildman–Crippen MR) is 117 cm³/mol. The van der Waals surface area contributed by atoms with Crippen molar-refractivity contribution in [2.24, 2.45) is 0 Å². The number of fused-ring (bicyclic) bond motifs is 1. The molecule has 9 heteroatoms. The van der Waals surface area contributed by atoms with Crippen LogP contribution in [0.3, 0.4) is 0 Å². The van der Waals surface area contributed by atoms with E-state index in [1.807, 2.05) is 18.2 Å². The number of benzene rings is 2. The number of nitrogens with zero attached hydrogens (tertiary/aromatic N) is 4. The van der Waals surface area contributed by atoms with E-state index in [4.69, 9.17) is 9.47 Å². The number of urea groups is 1. The normalized spacial score (nSPS) is 18.3. The first-order chi connectivity index (χ1) is 15.6. The molecule has 32 heavy (non-hydrogen) atoms. The van der Waals surface area contributed by atoms with E-state index in [0.717, 1.165) is 11.4 Å². The van der Waals surface area contributed by atoms with Gasteiger partial charge in [-0.15, -0.1) is 0 Å². The van der Waals surface area contributed by atoms with Crippen LogP contribution in [-0.4, -0.2) is 80.8 Å². The summed E-state index contributed by atoms with van der Waals surface area (Å²) in [5.74, 6) is 0.998. The zero-order valence-electron chi connectivity index (χ0n) is 17.7. The van der Waals surface area contributed by atoms with E-state index >= 15 is 0 Å². The van der Waals surface area contributed by atoms with E-state index in [9.17, 15) is 14.0 Å². The Morgan fingerprint density at radius 2 is 1.53 bits per heavy atom. The summed E-state index contributed by atoms with van der Waals surface area (Å²) in [7, 11) is 0. The third-order valence-electron chi connectivity index (χ3n) is 6.08. The largest absolute Gasteiger partial charge is 0.486 e. The zero-order chi connectivity index (χ0) is 22.1. The number of carbonyl (C=O) groups excluding carboxylic acids is 2. The molecule has 168 valence electrons. The van der Waals surface area contributed by atoms with Gasteiger partial charge in [0, 0.05) is 56.7 Å². The molecule has 2 saturated heterocycles. The quantitative estimate of drug-likeness (QED) is 0.729. The van der Waals surface area contributed by atoms with Crippen molar-refractivity contribution in [3.63, 3.8) is 0 Å². The lowest BCUT2D eigenvalue weighted by atomic mass is 10.2. The van der Waals surface area contributed by atoms with Crippen molar-refractivity contribution in [2.75, 3.05) is 68.8 Å². The van der Waals surface area contributed by atoms with Crippen LogP contribution < -0.4 is 19.3 Å². The van der Waals surface area contributed by atoms with Gasteiger partial charge in [0.1, 0.15) is 25.6 Å². The maximum atomic E-state index is 13.1. The number of halogens is 1. The second kappa shape index (κ2) is 8.57. The summed E-state index contributed by atoms with van der Waals surface area (Å²) in [5.41, 5.74) is 1.69. The molecule has 2 aromatic carbocycles. The Morgan fingerprint density at radius 3 is 2.28 bits per heavy atom. The standard InChI is InChI=1S/C23H25FN4O4/c24-17-1-3-18(4-2-17)25-7-9-26(10-8-25)22(29)16-27-11-12-28(23(27)30)19-5-6-20-21(15-19)32-14-13-31-20/h1-6,15H,7-14,16H2. The summed E-state index contributed by atoms with van der Waals surface area (Å²) < 4.78 is 24.3. The molecular formula is C23H25FN4O4. The Bertz CT molecular complexity index is 1010. The molecule has 3 heterocycles. The molecule has 0 unspecified atom stereocenters. The first kappa shape index (κ1) is 20.4. The molecule has 3 aliphatic rings. The second-order valence-electron chi connectivity index (χ2n) is 8.03. The third-order valence-corrected chi connectivity index (χ3v) is 6.08. The van der Waals surface area contributed by atoms with Gasteiger partial charge in [-0.05, 0) is 36.4 Å². The van der Waals surface area contributed by atoms with Crippen LogP contribution in [0.1, 0.15) is 0 Å². The topological polar surface area (TPSA) is 65.6 Å². The second-order valence-corrected chi connectivity index (χ2v) is 8.03. The van der Waals surface area contributed by atoms with Gasteiger partial charge < -0.3 is 24.2 Å². The number of anilines is 2. The average molecular weight is 440 g/mol. The third kappa shape index (κ3) is 4.02. The lowest BCUT2D eigenvalue weighted by Gasteiger charge is -2.36. The van der Waals surface area contributed by atoms with Crippen LogP contribution in [0.25, 0.3) is 0 Å². The minimum atomic E-state index is -0.261. The molecule has 0 radical (unpaired) electrons. The van der Waals surface area contributed by atoms with Gasteiger partial charge in [0.15, 0.2) is 11.5 Å². The Hall–Kier alpha value is -3.49. The summed E-state index contributed by atoms with van der Waals surface area (Å²) in [6.07, 6.45) is 0. The van der Waals surface area contributed by atoms with Gasteiger partial charge in [0.25, 0.3) is 0 Å². The summed E-state index contributed by atoms with van der Waals surface area (Å²) in [6, 6.07) is 11.7. The maximum absolute atomic E-state index is 13.1. The molecule has 0 aromatic heterocycles. The number of piperazine rings is 1. The Balaban J connectivity index is 1.16. The van der Waals surface area contributed by atoms with Crippen molar-refractivity contribution >= 4 is 23.3 Å². The number of carbonyl (C=O) groups is 2. The maximum Gasteiger partial charge on any atom is 0.325 e. The van der Waals surface area contributed by atoms with E-state index < -0.39 is 0 Å². The Morgan fingerprint density at radius 1 is 0.844 bits per heavy atom. The van der Waals surface area contributed by atoms with Gasteiger partial charge in [-0.1, -0.05) is 0 Å². The van der Waals surface area contributed by atoms with Gasteiger partial charge in [-0.3, -0.25) is 9.69 Å². The van der Waals surface area contributed by atoms with Crippen LogP contribution in [0.2, 0.25) is 0 Å². The van der Waals surface area contributed by atoms with Gasteiger partial charge in [-0.2, -0.15) is 0 Å². The van der Waals surface area contributed by atoms with Crippen molar-refractivity contribution in [1.29, 1.82) is 0 Å². The summed E-state index contributed by atoms with van der Waals surface area (Å²) in [6.45, 7) is 4.58. The minimum absolute atomic E-state index is 0.0545. The van der Waals surface area contributed by atoms with Crippen molar-refractivity contribution in [1.82, 2.24) is 9.80 Å². The fourth-order valence-electron chi connectivity index (χ4n) is 4.30. The van der Waals surface area contributed by atoms with E-state index in [2.05, 4.69) is 4.90 Å².